The van der Waals surface area contributed by atoms with Crippen molar-refractivity contribution in [2.75, 3.05) is 10.6 Å². The number of aryl methyl sites for hydroxylation is 1. The van der Waals surface area contributed by atoms with E-state index in [1.54, 1.807) is 10.8 Å². The summed E-state index contributed by atoms with van der Waals surface area (Å²) in [6.45, 7) is 6.07. The molecule has 0 spiro atoms. The maximum atomic E-state index is 13.1. The molecule has 1 saturated carbocycles. The van der Waals surface area contributed by atoms with Gasteiger partial charge in [0.1, 0.15) is 17.5 Å². The van der Waals surface area contributed by atoms with Crippen LogP contribution >= 0.6 is 0 Å². The Morgan fingerprint density at radius 2 is 1.93 bits per heavy atom. The minimum Gasteiger partial charge on any atom is -0.367 e. The standard InChI is InChI=1S/C22H27N5O/c1-14(2)27-11-9-16-13-19(25-18-12-15(3)8-10-23-18)26-21(20(16)22(27)28)24-17-6-4-5-7-17/h8-14,17H,4-7H2,1-3H3,(H2,23,24,25,26). The molecule has 0 unspecified atom stereocenters. The summed E-state index contributed by atoms with van der Waals surface area (Å²) in [5.74, 6) is 2.10. The van der Waals surface area contributed by atoms with Crippen molar-refractivity contribution in [3.63, 3.8) is 0 Å². The predicted molar refractivity (Wildman–Crippen MR) is 115 cm³/mol. The number of nitrogens with one attached hydrogen (secondary N) is 2. The van der Waals surface area contributed by atoms with Gasteiger partial charge in [-0.1, -0.05) is 12.8 Å². The van der Waals surface area contributed by atoms with E-state index < -0.39 is 0 Å². The lowest BCUT2D eigenvalue weighted by atomic mass is 10.1. The Kier molecular flexibility index (Phi) is 5.03. The fourth-order valence-electron chi connectivity index (χ4n) is 3.85. The van der Waals surface area contributed by atoms with Crippen LogP contribution in [0, 0.1) is 6.92 Å². The average Bonchev–Trinajstić information content (AvgIpc) is 3.14. The molecule has 3 aromatic rings. The van der Waals surface area contributed by atoms with E-state index in [0.29, 0.717) is 23.1 Å². The van der Waals surface area contributed by atoms with Crippen LogP contribution in [0.5, 0.6) is 0 Å². The molecule has 146 valence electrons. The van der Waals surface area contributed by atoms with Crippen LogP contribution in [-0.4, -0.2) is 20.6 Å². The van der Waals surface area contributed by atoms with Gasteiger partial charge in [0.25, 0.3) is 5.56 Å². The van der Waals surface area contributed by atoms with E-state index in [-0.39, 0.29) is 11.6 Å². The third-order valence-electron chi connectivity index (χ3n) is 5.34. The maximum absolute atomic E-state index is 13.1. The molecule has 0 bridgehead atoms. The Labute approximate surface area is 165 Å². The highest BCUT2D eigenvalue weighted by Crippen LogP contribution is 2.28. The molecule has 0 radical (unpaired) electrons. The normalized spacial score (nSPS) is 14.7. The number of fused-ring (bicyclic) bond motifs is 1. The van der Waals surface area contributed by atoms with Crippen molar-refractivity contribution in [1.29, 1.82) is 0 Å². The number of pyridine rings is 3. The molecule has 3 heterocycles. The smallest absolute Gasteiger partial charge is 0.262 e. The number of nitrogens with zero attached hydrogens (tertiary/aromatic N) is 3. The SMILES string of the molecule is Cc1ccnc(Nc2cc3ccn(C(C)C)c(=O)c3c(NC3CCCC3)n2)c1. The van der Waals surface area contributed by atoms with Gasteiger partial charge in [0, 0.05) is 24.5 Å². The molecule has 1 fully saturated rings. The van der Waals surface area contributed by atoms with E-state index in [9.17, 15) is 4.79 Å². The fraction of sp³-hybridized carbons (Fsp3) is 0.409. The first kappa shape index (κ1) is 18.5. The lowest BCUT2D eigenvalue weighted by Crippen LogP contribution is -2.24. The molecule has 1 aliphatic rings. The molecule has 1 aliphatic carbocycles. The molecule has 0 aliphatic heterocycles. The van der Waals surface area contributed by atoms with Crippen molar-refractivity contribution in [2.45, 2.75) is 58.5 Å². The fourth-order valence-corrected chi connectivity index (χ4v) is 3.85. The van der Waals surface area contributed by atoms with E-state index in [1.807, 2.05) is 51.2 Å². The molecule has 0 atom stereocenters. The highest BCUT2D eigenvalue weighted by molar-refractivity contribution is 5.93. The summed E-state index contributed by atoms with van der Waals surface area (Å²) in [5.41, 5.74) is 1.13. The Morgan fingerprint density at radius 3 is 2.64 bits per heavy atom. The van der Waals surface area contributed by atoms with Crippen molar-refractivity contribution < 1.29 is 0 Å². The lowest BCUT2D eigenvalue weighted by Gasteiger charge is -2.18. The molecule has 0 saturated heterocycles. The summed E-state index contributed by atoms with van der Waals surface area (Å²) in [6, 6.07) is 8.33. The quantitative estimate of drug-likeness (QED) is 0.669. The Hall–Kier alpha value is -2.89. The second kappa shape index (κ2) is 7.62. The van der Waals surface area contributed by atoms with Gasteiger partial charge in [-0.2, -0.15) is 0 Å². The molecule has 0 amide bonds. The van der Waals surface area contributed by atoms with Gasteiger partial charge >= 0.3 is 0 Å². The van der Waals surface area contributed by atoms with Crippen LogP contribution in [0.25, 0.3) is 10.8 Å². The lowest BCUT2D eigenvalue weighted by molar-refractivity contribution is 0.582. The van der Waals surface area contributed by atoms with E-state index in [0.717, 1.165) is 29.6 Å². The first-order valence-corrected chi connectivity index (χ1v) is 10.0. The van der Waals surface area contributed by atoms with Crippen LogP contribution in [0.1, 0.15) is 51.1 Å². The van der Waals surface area contributed by atoms with Gasteiger partial charge in [0.05, 0.1) is 5.39 Å². The largest absolute Gasteiger partial charge is 0.367 e. The van der Waals surface area contributed by atoms with E-state index in [4.69, 9.17) is 4.98 Å². The van der Waals surface area contributed by atoms with Crippen molar-refractivity contribution in [2.24, 2.45) is 0 Å². The summed E-state index contributed by atoms with van der Waals surface area (Å²) in [5, 5.41) is 8.37. The summed E-state index contributed by atoms with van der Waals surface area (Å²) >= 11 is 0. The molecule has 0 aromatic carbocycles. The molecule has 28 heavy (non-hydrogen) atoms. The summed E-state index contributed by atoms with van der Waals surface area (Å²) in [7, 11) is 0. The minimum atomic E-state index is 0.000674. The number of anilines is 3. The molecule has 6 heteroatoms. The highest BCUT2D eigenvalue weighted by atomic mass is 16.1. The third kappa shape index (κ3) is 3.72. The van der Waals surface area contributed by atoms with Crippen LogP contribution in [-0.2, 0) is 0 Å². The predicted octanol–water partition coefficient (Wildman–Crippen LogP) is 4.78. The van der Waals surface area contributed by atoms with Crippen molar-refractivity contribution in [1.82, 2.24) is 14.5 Å². The molecule has 2 N–H and O–H groups in total. The monoisotopic (exact) mass is 377 g/mol. The number of hydrogen-bond donors (Lipinski definition) is 2. The van der Waals surface area contributed by atoms with Gasteiger partial charge in [-0.15, -0.1) is 0 Å². The second-order valence-corrected chi connectivity index (χ2v) is 7.91. The van der Waals surface area contributed by atoms with Crippen molar-refractivity contribution in [3.8, 4) is 0 Å². The first-order valence-electron chi connectivity index (χ1n) is 10.0. The Bertz CT molecular complexity index is 1050. The summed E-state index contributed by atoms with van der Waals surface area (Å²) in [4.78, 5) is 22.3. The van der Waals surface area contributed by atoms with Crippen LogP contribution < -0.4 is 16.2 Å². The topological polar surface area (TPSA) is 71.8 Å². The van der Waals surface area contributed by atoms with Crippen molar-refractivity contribution >= 4 is 28.2 Å². The van der Waals surface area contributed by atoms with Crippen LogP contribution in [0.2, 0.25) is 0 Å². The number of aromatic nitrogens is 3. The average molecular weight is 377 g/mol. The van der Waals surface area contributed by atoms with E-state index in [1.165, 1.54) is 12.8 Å². The zero-order valence-corrected chi connectivity index (χ0v) is 16.7. The minimum absolute atomic E-state index is 0.000674. The zero-order valence-electron chi connectivity index (χ0n) is 16.7. The number of rotatable bonds is 5. The van der Waals surface area contributed by atoms with E-state index >= 15 is 0 Å². The number of hydrogen-bond acceptors (Lipinski definition) is 5. The van der Waals surface area contributed by atoms with Crippen LogP contribution in [0.3, 0.4) is 0 Å². The molecule has 4 rings (SSSR count). The summed E-state index contributed by atoms with van der Waals surface area (Å²) in [6.07, 6.45) is 8.31. The van der Waals surface area contributed by atoms with Gasteiger partial charge in [0.15, 0.2) is 0 Å². The van der Waals surface area contributed by atoms with Crippen molar-refractivity contribution in [3.05, 3.63) is 52.6 Å². The first-order chi connectivity index (χ1) is 13.5. The second-order valence-electron chi connectivity index (χ2n) is 7.91. The van der Waals surface area contributed by atoms with Crippen LogP contribution in [0.4, 0.5) is 17.5 Å². The van der Waals surface area contributed by atoms with Gasteiger partial charge in [0.2, 0.25) is 0 Å². The van der Waals surface area contributed by atoms with Gasteiger partial charge in [-0.25, -0.2) is 9.97 Å². The Morgan fingerprint density at radius 1 is 1.14 bits per heavy atom. The zero-order chi connectivity index (χ0) is 19.7. The molecular formula is C22H27N5O. The van der Waals surface area contributed by atoms with Gasteiger partial charge < -0.3 is 15.2 Å². The third-order valence-corrected chi connectivity index (χ3v) is 5.34. The summed E-state index contributed by atoms with van der Waals surface area (Å²) < 4.78 is 1.76. The molecule has 6 nitrogen and oxygen atoms in total. The van der Waals surface area contributed by atoms with E-state index in [2.05, 4.69) is 15.6 Å². The highest BCUT2D eigenvalue weighted by Gasteiger charge is 2.19. The molecular weight excluding hydrogens is 350 g/mol. The Balaban J connectivity index is 1.81. The van der Waals surface area contributed by atoms with Gasteiger partial charge in [-0.05, 0) is 68.8 Å². The maximum Gasteiger partial charge on any atom is 0.262 e. The van der Waals surface area contributed by atoms with Crippen LogP contribution in [0.15, 0.2) is 41.5 Å². The van der Waals surface area contributed by atoms with Gasteiger partial charge in [-0.3, -0.25) is 4.79 Å². The molecule has 3 aromatic heterocycles.